The topological polar surface area (TPSA) is 380 Å². The van der Waals surface area contributed by atoms with Crippen LogP contribution in [0.2, 0.25) is 0 Å². The molecule has 1 saturated carbocycles. The van der Waals surface area contributed by atoms with Gasteiger partial charge in [0.25, 0.3) is 0 Å². The lowest BCUT2D eigenvalue weighted by atomic mass is 9.84. The fourth-order valence-corrected chi connectivity index (χ4v) is 16.1. The highest BCUT2D eigenvalue weighted by Gasteiger charge is 2.60. The molecule has 3 rings (SSSR count). The van der Waals surface area contributed by atoms with Crippen molar-refractivity contribution in [2.45, 2.75) is 491 Å². The summed E-state index contributed by atoms with van der Waals surface area (Å²) in [5.41, 5.74) is 0. The third-order valence-electron chi connectivity index (χ3n) is 22.6. The summed E-state index contributed by atoms with van der Waals surface area (Å²) >= 11 is 0. The number of esters is 4. The fraction of sp³-hybridized carbons (Fsp3) is 0.890. The largest absolute Gasteiger partial charge is 0.472 e. The molecule has 0 aromatic carbocycles. The van der Waals surface area contributed by atoms with Crippen molar-refractivity contribution in [1.29, 1.82) is 0 Å². The minimum Gasteiger partial charge on any atom is -0.463 e. The van der Waals surface area contributed by atoms with E-state index in [1.165, 1.54) is 135 Å². The number of hydrogen-bond acceptors (Lipinski definition) is 24. The van der Waals surface area contributed by atoms with Crippen LogP contribution in [0.3, 0.4) is 0 Å². The average molecular weight is 1690 g/mol. The molecular formula is C91H165O25P. The lowest BCUT2D eigenvalue weighted by Crippen LogP contribution is -2.70. The van der Waals surface area contributed by atoms with E-state index in [2.05, 4.69) is 64.2 Å². The summed E-state index contributed by atoms with van der Waals surface area (Å²) in [4.78, 5) is 66.4. The molecule has 26 heteroatoms. The molecule has 0 spiro atoms. The van der Waals surface area contributed by atoms with Crippen LogP contribution < -0.4 is 0 Å². The van der Waals surface area contributed by atoms with E-state index in [1.54, 1.807) is 0 Å². The number of carbonyl (C=O) groups is 4. The third-order valence-corrected chi connectivity index (χ3v) is 23.6. The van der Waals surface area contributed by atoms with E-state index in [9.17, 15) is 74.6 Å². The van der Waals surface area contributed by atoms with Gasteiger partial charge in [0.2, 0.25) is 0 Å². The predicted molar refractivity (Wildman–Crippen MR) is 453 cm³/mol. The Labute approximate surface area is 704 Å². The van der Waals surface area contributed by atoms with E-state index in [0.717, 1.165) is 154 Å². The van der Waals surface area contributed by atoms with Crippen molar-refractivity contribution < 1.29 is 122 Å². The van der Waals surface area contributed by atoms with Gasteiger partial charge in [-0.15, -0.1) is 0 Å². The Morgan fingerprint density at radius 2 is 0.641 bits per heavy atom. The van der Waals surface area contributed by atoms with Crippen molar-refractivity contribution in [3.05, 3.63) is 36.5 Å². The second kappa shape index (κ2) is 70.0. The number of allylic oxidation sites excluding steroid dienone is 6. The number of aliphatic hydroxyl groups is 9. The smallest absolute Gasteiger partial charge is 0.463 e. The normalized spacial score (nSPS) is 25.2. The van der Waals surface area contributed by atoms with Crippen LogP contribution in [-0.2, 0) is 70.7 Å². The number of carbonyl (C=O) groups excluding carboxylic acids is 4. The van der Waals surface area contributed by atoms with Crippen LogP contribution in [0.5, 0.6) is 0 Å². The van der Waals surface area contributed by atoms with Crippen LogP contribution in [0, 0.1) is 0 Å². The van der Waals surface area contributed by atoms with E-state index in [-0.39, 0.29) is 32.1 Å². The molecule has 1 aliphatic carbocycles. The van der Waals surface area contributed by atoms with Gasteiger partial charge in [-0.25, -0.2) is 4.57 Å². The van der Waals surface area contributed by atoms with E-state index >= 15 is 0 Å². The fourth-order valence-electron chi connectivity index (χ4n) is 15.1. The Kier molecular flexibility index (Phi) is 64.6. The zero-order valence-corrected chi connectivity index (χ0v) is 73.6. The first-order chi connectivity index (χ1) is 56.7. The van der Waals surface area contributed by atoms with Crippen molar-refractivity contribution in [3.8, 4) is 0 Å². The van der Waals surface area contributed by atoms with Gasteiger partial charge in [-0.1, -0.05) is 295 Å². The number of aliphatic hydroxyl groups excluding tert-OH is 9. The predicted octanol–water partition coefficient (Wildman–Crippen LogP) is 17.1. The van der Waals surface area contributed by atoms with Crippen molar-refractivity contribution in [1.82, 2.24) is 0 Å². The van der Waals surface area contributed by atoms with Gasteiger partial charge in [0.15, 0.2) is 24.8 Å². The Balaban J connectivity index is 1.92. The number of phosphoric acid groups is 1. The lowest BCUT2D eigenvalue weighted by molar-refractivity contribution is -0.360. The molecule has 0 radical (unpaired) electrons. The minimum absolute atomic E-state index is 0.0148. The van der Waals surface area contributed by atoms with Crippen LogP contribution in [0.25, 0.3) is 0 Å². The van der Waals surface area contributed by atoms with Crippen LogP contribution in [0.1, 0.15) is 387 Å². The standard InChI is InChI=1S/C91H165O25P/c1-5-9-13-17-21-25-29-33-36-40-43-47-51-55-59-63-74(93)107-68-71(110-76(95)65-61-57-53-49-46-42-38-35-31-27-23-19-15-11-7-3)69-109-117(105,106)116-89-87(114-90-84(103)80(99)78(97)72(67-92)111-90)83(102)82(101)86(113-77(96)66-62-58-54-50-45-39-32-28-24-20-16-12-8-4)88(89)115-91-85(104)81(100)79(98)73(112-91)70-108-75(94)64-60-56-52-48-44-41-37-34-30-26-22-18-14-10-6-2/h25,27,29,31,39,45,71-73,78-92,97-104H,5-24,26,28,30,32-38,40-44,46-70H2,1-4H3,(H,105,106)/b29-25-,31-27-,45-39-. The Bertz CT molecular complexity index is 2580. The number of hydrogen-bond donors (Lipinski definition) is 10. The van der Waals surface area contributed by atoms with E-state index < -0.39 is 162 Å². The summed E-state index contributed by atoms with van der Waals surface area (Å²) in [6.45, 7) is 5.54. The summed E-state index contributed by atoms with van der Waals surface area (Å²) in [5.74, 6) is -2.99. The highest BCUT2D eigenvalue weighted by atomic mass is 31.2. The number of rotatable bonds is 75. The maximum absolute atomic E-state index is 14.9. The van der Waals surface area contributed by atoms with Crippen molar-refractivity contribution in [3.63, 3.8) is 0 Å². The average Bonchev–Trinajstić information content (AvgIpc) is 0.755. The molecule has 3 fully saturated rings. The molecule has 0 aromatic heterocycles. The first kappa shape index (κ1) is 108. The molecule has 3 aliphatic rings. The first-order valence-electron chi connectivity index (χ1n) is 46.7. The molecule has 0 amide bonds. The molecule has 2 saturated heterocycles. The lowest BCUT2D eigenvalue weighted by Gasteiger charge is -2.50. The van der Waals surface area contributed by atoms with E-state index in [1.807, 2.05) is 0 Å². The molecule has 18 atom stereocenters. The molecule has 2 aliphatic heterocycles. The zero-order valence-electron chi connectivity index (χ0n) is 72.7. The summed E-state index contributed by atoms with van der Waals surface area (Å²) in [6, 6.07) is 0. The van der Waals surface area contributed by atoms with Gasteiger partial charge in [0.05, 0.1) is 13.2 Å². The number of unbranched alkanes of at least 4 members (excludes halogenated alkanes) is 45. The molecule has 0 aromatic rings. The molecule has 684 valence electrons. The Morgan fingerprint density at radius 3 is 1.03 bits per heavy atom. The number of phosphoric ester groups is 1. The minimum atomic E-state index is -5.81. The maximum Gasteiger partial charge on any atom is 0.472 e. The van der Waals surface area contributed by atoms with E-state index in [4.69, 9.17) is 46.9 Å². The van der Waals surface area contributed by atoms with Gasteiger partial charge < -0.3 is 88.7 Å². The van der Waals surface area contributed by atoms with Gasteiger partial charge in [-0.3, -0.25) is 28.2 Å². The SMILES string of the molecule is CCCCCC/C=C\CCCCCCCCCC(=O)OCC(COP(=O)(O)OC1C(OC2OC(CO)C(O)C(O)C2O)C(O)C(O)C(OC(=O)CCCCC/C=C\CCCCCCCC)C1OC1OC(COC(=O)CCCCCCCCCCCCCCCCC)C(O)C(O)C1O)OC(=O)CCCCCCCCC/C=C\CCCCCC. The van der Waals surface area contributed by atoms with Gasteiger partial charge in [0.1, 0.15) is 92.6 Å². The highest BCUT2D eigenvalue weighted by molar-refractivity contribution is 7.47. The van der Waals surface area contributed by atoms with Crippen LogP contribution in [0.4, 0.5) is 0 Å². The molecule has 18 unspecified atom stereocenters. The molecular weight excluding hydrogens is 1520 g/mol. The van der Waals surface area contributed by atoms with Crippen molar-refractivity contribution in [2.75, 3.05) is 26.4 Å². The Morgan fingerprint density at radius 1 is 0.333 bits per heavy atom. The quantitative estimate of drug-likeness (QED) is 0.00889. The first-order valence-corrected chi connectivity index (χ1v) is 48.2. The van der Waals surface area contributed by atoms with Crippen molar-refractivity contribution >= 4 is 31.7 Å². The third kappa shape index (κ3) is 50.3. The maximum atomic E-state index is 14.9. The molecule has 117 heavy (non-hydrogen) atoms. The Hall–Kier alpha value is -3.31. The molecule has 2 heterocycles. The molecule has 0 bridgehead atoms. The number of ether oxygens (including phenoxy) is 8. The van der Waals surface area contributed by atoms with E-state index in [0.29, 0.717) is 38.5 Å². The second-order valence-electron chi connectivity index (χ2n) is 33.2. The van der Waals surface area contributed by atoms with Crippen molar-refractivity contribution in [2.24, 2.45) is 0 Å². The summed E-state index contributed by atoms with van der Waals surface area (Å²) in [7, 11) is -5.81. The van der Waals surface area contributed by atoms with Gasteiger partial charge >= 0.3 is 31.7 Å². The van der Waals surface area contributed by atoms with Gasteiger partial charge in [0, 0.05) is 25.7 Å². The van der Waals surface area contributed by atoms with Gasteiger partial charge in [-0.2, -0.15) is 0 Å². The monoisotopic (exact) mass is 1690 g/mol. The molecule has 25 nitrogen and oxygen atoms in total. The van der Waals surface area contributed by atoms with Crippen LogP contribution >= 0.6 is 7.82 Å². The summed E-state index contributed by atoms with van der Waals surface area (Å²) in [6.07, 6.45) is 31.4. The zero-order chi connectivity index (χ0) is 85.4. The molecule has 10 N–H and O–H groups in total. The van der Waals surface area contributed by atoms with Gasteiger partial charge in [-0.05, 0) is 103 Å². The highest BCUT2D eigenvalue weighted by Crippen LogP contribution is 2.49. The summed E-state index contributed by atoms with van der Waals surface area (Å²) < 4.78 is 73.3. The van der Waals surface area contributed by atoms with Crippen LogP contribution in [0.15, 0.2) is 36.5 Å². The summed E-state index contributed by atoms with van der Waals surface area (Å²) in [5, 5.41) is 102. The second-order valence-corrected chi connectivity index (χ2v) is 34.6. The van der Waals surface area contributed by atoms with Crippen LogP contribution in [-0.4, -0.2) is 205 Å².